The van der Waals surface area contributed by atoms with Crippen LogP contribution in [0.4, 0.5) is 0 Å². The second-order valence-electron chi connectivity index (χ2n) is 2.64. The topological polar surface area (TPSA) is 20.3 Å². The third-order valence-corrected chi connectivity index (χ3v) is 1.82. The number of thiol groups is 1. The van der Waals surface area contributed by atoms with Crippen molar-refractivity contribution in [3.05, 3.63) is 0 Å². The first-order chi connectivity index (χ1) is 5.22. The van der Waals surface area contributed by atoms with Gasteiger partial charge in [-0.25, -0.2) is 0 Å². The molecule has 0 aromatic heterocycles. The molecule has 0 aromatic rings. The summed E-state index contributed by atoms with van der Waals surface area (Å²) in [5, 5.41) is 0. The zero-order valence-electron chi connectivity index (χ0n) is 7.34. The Morgan fingerprint density at radius 3 is 2.64 bits per heavy atom. The second-order valence-corrected chi connectivity index (χ2v) is 3.09. The van der Waals surface area contributed by atoms with E-state index in [0.29, 0.717) is 12.2 Å². The molecule has 0 fully saturated rings. The van der Waals surface area contributed by atoms with Crippen LogP contribution in [-0.4, -0.2) is 30.2 Å². The lowest BCUT2D eigenvalue weighted by Crippen LogP contribution is -2.27. The Labute approximate surface area is 74.4 Å². The molecule has 0 unspecified atom stereocenters. The molecule has 66 valence electrons. The third kappa shape index (κ3) is 5.13. The molecule has 0 aliphatic carbocycles. The molecule has 2 nitrogen and oxygen atoms in total. The van der Waals surface area contributed by atoms with Gasteiger partial charge < -0.3 is 4.90 Å². The fourth-order valence-corrected chi connectivity index (χ4v) is 0.998. The van der Waals surface area contributed by atoms with Gasteiger partial charge in [-0.05, 0) is 12.2 Å². The van der Waals surface area contributed by atoms with Gasteiger partial charge in [0.15, 0.2) is 0 Å². The van der Waals surface area contributed by atoms with E-state index in [1.165, 1.54) is 0 Å². The van der Waals surface area contributed by atoms with E-state index in [9.17, 15) is 4.79 Å². The van der Waals surface area contributed by atoms with Crippen molar-refractivity contribution in [3.63, 3.8) is 0 Å². The summed E-state index contributed by atoms with van der Waals surface area (Å²) < 4.78 is 0. The van der Waals surface area contributed by atoms with E-state index >= 15 is 0 Å². The Morgan fingerprint density at radius 2 is 2.18 bits per heavy atom. The number of nitrogens with zero attached hydrogens (tertiary/aromatic N) is 1. The summed E-state index contributed by atoms with van der Waals surface area (Å²) in [6.07, 6.45) is 2.79. The summed E-state index contributed by atoms with van der Waals surface area (Å²) in [4.78, 5) is 12.9. The van der Waals surface area contributed by atoms with Crippen molar-refractivity contribution in [2.45, 2.75) is 26.2 Å². The lowest BCUT2D eigenvalue weighted by atomic mass is 10.3. The van der Waals surface area contributed by atoms with Gasteiger partial charge in [-0.15, -0.1) is 0 Å². The minimum atomic E-state index is 0.202. The summed E-state index contributed by atoms with van der Waals surface area (Å²) in [5.74, 6) is 0.850. The molecule has 0 rings (SSSR count). The molecule has 0 bridgehead atoms. The summed E-state index contributed by atoms with van der Waals surface area (Å²) >= 11 is 4.00. The van der Waals surface area contributed by atoms with Crippen LogP contribution in [0, 0.1) is 0 Å². The number of hydrogen-bond donors (Lipinski definition) is 1. The highest BCUT2D eigenvalue weighted by molar-refractivity contribution is 7.80. The monoisotopic (exact) mass is 175 g/mol. The fourth-order valence-electron chi connectivity index (χ4n) is 0.806. The van der Waals surface area contributed by atoms with E-state index in [1.807, 2.05) is 7.05 Å². The van der Waals surface area contributed by atoms with Gasteiger partial charge in [-0.1, -0.05) is 13.3 Å². The number of amides is 1. The Balaban J connectivity index is 3.46. The Hall–Kier alpha value is -0.180. The molecule has 1 amide bonds. The lowest BCUT2D eigenvalue weighted by Gasteiger charge is -2.15. The zero-order chi connectivity index (χ0) is 8.69. The molecular weight excluding hydrogens is 158 g/mol. The molecule has 0 atom stereocenters. The first-order valence-corrected chi connectivity index (χ1v) is 4.70. The highest BCUT2D eigenvalue weighted by Crippen LogP contribution is 1.96. The molecule has 0 saturated carbocycles. The molecule has 0 aliphatic heterocycles. The average molecular weight is 175 g/mol. The van der Waals surface area contributed by atoms with Gasteiger partial charge in [0, 0.05) is 20.0 Å². The predicted octanol–water partition coefficient (Wildman–Crippen LogP) is 1.56. The van der Waals surface area contributed by atoms with Gasteiger partial charge in [-0.2, -0.15) is 12.6 Å². The molecule has 0 aliphatic rings. The highest BCUT2D eigenvalue weighted by atomic mass is 32.1. The van der Waals surface area contributed by atoms with Crippen LogP contribution in [0.15, 0.2) is 0 Å². The Bertz CT molecular complexity index is 117. The molecule has 0 saturated heterocycles. The molecule has 11 heavy (non-hydrogen) atoms. The summed E-state index contributed by atoms with van der Waals surface area (Å²) in [6, 6.07) is 0. The first-order valence-electron chi connectivity index (χ1n) is 4.07. The standard InChI is InChI=1S/C8H17NOS/c1-3-4-6-9(2)8(10)5-7-11/h11H,3-7H2,1-2H3. The molecule has 3 heteroatoms. The molecule has 0 radical (unpaired) electrons. The number of hydrogen-bond acceptors (Lipinski definition) is 2. The number of carbonyl (C=O) groups is 1. The maximum absolute atomic E-state index is 11.1. The van der Waals surface area contributed by atoms with Crippen LogP contribution in [0.5, 0.6) is 0 Å². The van der Waals surface area contributed by atoms with Crippen molar-refractivity contribution in [1.29, 1.82) is 0 Å². The van der Waals surface area contributed by atoms with E-state index in [0.717, 1.165) is 19.4 Å². The van der Waals surface area contributed by atoms with Gasteiger partial charge in [0.1, 0.15) is 0 Å². The quantitative estimate of drug-likeness (QED) is 0.629. The molecular formula is C8H17NOS. The average Bonchev–Trinajstić information content (AvgIpc) is 2.00. The van der Waals surface area contributed by atoms with E-state index in [2.05, 4.69) is 19.6 Å². The van der Waals surface area contributed by atoms with Crippen molar-refractivity contribution >= 4 is 18.5 Å². The Morgan fingerprint density at radius 1 is 1.55 bits per heavy atom. The maximum atomic E-state index is 11.1. The largest absolute Gasteiger partial charge is 0.346 e. The van der Waals surface area contributed by atoms with Crippen molar-refractivity contribution in [3.8, 4) is 0 Å². The number of rotatable bonds is 5. The molecule has 0 N–H and O–H groups in total. The fraction of sp³-hybridized carbons (Fsp3) is 0.875. The normalized spacial score (nSPS) is 9.73. The van der Waals surface area contributed by atoms with Crippen molar-refractivity contribution in [2.75, 3.05) is 19.3 Å². The highest BCUT2D eigenvalue weighted by Gasteiger charge is 2.05. The lowest BCUT2D eigenvalue weighted by molar-refractivity contribution is -0.129. The third-order valence-electron chi connectivity index (χ3n) is 1.60. The minimum absolute atomic E-state index is 0.202. The van der Waals surface area contributed by atoms with E-state index in [1.54, 1.807) is 4.90 Å². The van der Waals surface area contributed by atoms with Crippen LogP contribution in [0.2, 0.25) is 0 Å². The van der Waals surface area contributed by atoms with Gasteiger partial charge in [0.25, 0.3) is 0 Å². The summed E-state index contributed by atoms with van der Waals surface area (Å²) in [6.45, 7) is 3.00. The number of carbonyl (C=O) groups excluding carboxylic acids is 1. The molecule has 0 heterocycles. The minimum Gasteiger partial charge on any atom is -0.346 e. The van der Waals surface area contributed by atoms with Crippen LogP contribution < -0.4 is 0 Å². The van der Waals surface area contributed by atoms with E-state index in [-0.39, 0.29) is 5.91 Å². The van der Waals surface area contributed by atoms with Crippen LogP contribution in [0.25, 0.3) is 0 Å². The van der Waals surface area contributed by atoms with Gasteiger partial charge in [-0.3, -0.25) is 4.79 Å². The summed E-state index contributed by atoms with van der Waals surface area (Å²) in [7, 11) is 1.85. The van der Waals surface area contributed by atoms with Crippen molar-refractivity contribution in [2.24, 2.45) is 0 Å². The Kier molecular flexibility index (Phi) is 6.42. The second kappa shape index (κ2) is 6.53. The first kappa shape index (κ1) is 10.8. The van der Waals surface area contributed by atoms with Crippen molar-refractivity contribution in [1.82, 2.24) is 4.90 Å². The SMILES string of the molecule is CCCCN(C)C(=O)CCS. The summed E-state index contributed by atoms with van der Waals surface area (Å²) in [5.41, 5.74) is 0. The maximum Gasteiger partial charge on any atom is 0.223 e. The van der Waals surface area contributed by atoms with Crippen LogP contribution >= 0.6 is 12.6 Å². The van der Waals surface area contributed by atoms with E-state index < -0.39 is 0 Å². The van der Waals surface area contributed by atoms with Gasteiger partial charge >= 0.3 is 0 Å². The molecule has 0 spiro atoms. The van der Waals surface area contributed by atoms with Crippen LogP contribution in [0.1, 0.15) is 26.2 Å². The van der Waals surface area contributed by atoms with Crippen LogP contribution in [-0.2, 0) is 4.79 Å². The number of unbranched alkanes of at least 4 members (excludes halogenated alkanes) is 1. The van der Waals surface area contributed by atoms with E-state index in [4.69, 9.17) is 0 Å². The zero-order valence-corrected chi connectivity index (χ0v) is 8.23. The van der Waals surface area contributed by atoms with Crippen LogP contribution in [0.3, 0.4) is 0 Å². The smallest absolute Gasteiger partial charge is 0.223 e. The van der Waals surface area contributed by atoms with Gasteiger partial charge in [0.05, 0.1) is 0 Å². The van der Waals surface area contributed by atoms with Gasteiger partial charge in [0.2, 0.25) is 5.91 Å². The predicted molar refractivity (Wildman–Crippen MR) is 51.0 cm³/mol. The molecule has 0 aromatic carbocycles. The van der Waals surface area contributed by atoms with Crippen molar-refractivity contribution < 1.29 is 4.79 Å².